The van der Waals surface area contributed by atoms with Gasteiger partial charge in [-0.3, -0.25) is 14.9 Å². The van der Waals surface area contributed by atoms with E-state index in [2.05, 4.69) is 15.6 Å². The molecule has 4 N–H and O–H groups in total. The predicted octanol–water partition coefficient (Wildman–Crippen LogP) is 4.38. The topological polar surface area (TPSA) is 115 Å². The Morgan fingerprint density at radius 3 is 2.48 bits per heavy atom. The van der Waals surface area contributed by atoms with E-state index < -0.39 is 29.8 Å². The summed E-state index contributed by atoms with van der Waals surface area (Å²) >= 11 is 1.60. The van der Waals surface area contributed by atoms with Gasteiger partial charge in [0.1, 0.15) is 12.3 Å². The summed E-state index contributed by atoms with van der Waals surface area (Å²) in [6.45, 7) is 8.28. The first-order valence-corrected chi connectivity index (χ1v) is 15.6. The number of aliphatic hydroxyl groups is 2. The van der Waals surface area contributed by atoms with Crippen LogP contribution in [0, 0.1) is 18.3 Å². The number of hydrogen-bond acceptors (Lipinski definition) is 7. The van der Waals surface area contributed by atoms with Crippen LogP contribution < -0.4 is 10.6 Å². The predicted molar refractivity (Wildman–Crippen MR) is 158 cm³/mol. The van der Waals surface area contributed by atoms with Crippen molar-refractivity contribution in [2.75, 3.05) is 6.54 Å². The van der Waals surface area contributed by atoms with Gasteiger partial charge in [0, 0.05) is 19.5 Å². The lowest BCUT2D eigenvalue weighted by molar-refractivity contribution is -0.143. The Morgan fingerprint density at radius 2 is 1.85 bits per heavy atom. The molecule has 0 bridgehead atoms. The van der Waals surface area contributed by atoms with E-state index in [-0.39, 0.29) is 24.8 Å². The summed E-state index contributed by atoms with van der Waals surface area (Å²) in [6.07, 6.45) is 6.42. The molecule has 2 heterocycles. The highest BCUT2D eigenvalue weighted by Gasteiger charge is 2.44. The number of thiazole rings is 1. The van der Waals surface area contributed by atoms with Gasteiger partial charge in [-0.2, -0.15) is 0 Å². The quantitative estimate of drug-likeness (QED) is 0.315. The smallest absolute Gasteiger partial charge is 0.243 e. The van der Waals surface area contributed by atoms with Crippen LogP contribution in [0.3, 0.4) is 0 Å². The zero-order valence-electron chi connectivity index (χ0n) is 24.4. The van der Waals surface area contributed by atoms with Gasteiger partial charge in [0.2, 0.25) is 11.8 Å². The van der Waals surface area contributed by atoms with Crippen LogP contribution >= 0.6 is 11.3 Å². The zero-order chi connectivity index (χ0) is 28.9. The van der Waals surface area contributed by atoms with E-state index in [0.717, 1.165) is 28.1 Å². The number of aromatic nitrogens is 1. The number of carbonyl (C=O) groups excluding carboxylic acids is 2. The Bertz CT molecular complexity index is 1120. The molecule has 0 spiro atoms. The standard InChI is InChI=1S/C31H46N4O4S/c1-20-27(40-19-33-20)23-13-10-22(11-14-23)17-32-29(38)25-16-24(36)18-35(25)30(39)28(31(2,3)4)34-26(37)15-12-21-8-6-5-7-9-21/h10-11,13-14,19,21,24-26,28,34,36-37H,5-9,12,15-18H2,1-4H3,(H,32,38)/t24-,25+,26?,28-/m1/s1. The van der Waals surface area contributed by atoms with Crippen LogP contribution in [0.4, 0.5) is 0 Å². The number of nitrogens with one attached hydrogen (secondary N) is 2. The second kappa shape index (κ2) is 13.6. The van der Waals surface area contributed by atoms with Gasteiger partial charge >= 0.3 is 0 Å². The summed E-state index contributed by atoms with van der Waals surface area (Å²) < 4.78 is 0. The SMILES string of the molecule is Cc1ncsc1-c1ccc(CNC(=O)[C@@H]2C[C@@H](O)CN2C(=O)[C@@H](NC(O)CCC2CCCCC2)C(C)(C)C)cc1. The number of hydrogen-bond donors (Lipinski definition) is 4. The molecule has 4 atom stereocenters. The van der Waals surface area contributed by atoms with Crippen LogP contribution in [0.5, 0.6) is 0 Å². The van der Waals surface area contributed by atoms with Crippen molar-refractivity contribution < 1.29 is 19.8 Å². The van der Waals surface area contributed by atoms with E-state index in [0.29, 0.717) is 18.9 Å². The molecule has 1 saturated heterocycles. The highest BCUT2D eigenvalue weighted by Crippen LogP contribution is 2.30. The minimum absolute atomic E-state index is 0.103. The molecule has 2 fully saturated rings. The van der Waals surface area contributed by atoms with Gasteiger partial charge < -0.3 is 20.4 Å². The molecule has 40 heavy (non-hydrogen) atoms. The monoisotopic (exact) mass is 570 g/mol. The average Bonchev–Trinajstić information content (AvgIpc) is 3.54. The number of aryl methyl sites for hydroxylation is 1. The Hall–Kier alpha value is -2.33. The van der Waals surface area contributed by atoms with Crippen molar-refractivity contribution in [3.63, 3.8) is 0 Å². The van der Waals surface area contributed by atoms with Crippen LogP contribution in [0.2, 0.25) is 0 Å². The molecule has 2 amide bonds. The van der Waals surface area contributed by atoms with E-state index in [1.807, 2.05) is 57.5 Å². The summed E-state index contributed by atoms with van der Waals surface area (Å²) in [7, 11) is 0. The normalized spacial score (nSPS) is 21.8. The molecule has 1 unspecified atom stereocenters. The van der Waals surface area contributed by atoms with Gasteiger partial charge in [0.25, 0.3) is 0 Å². The highest BCUT2D eigenvalue weighted by molar-refractivity contribution is 7.13. The molecular weight excluding hydrogens is 524 g/mol. The average molecular weight is 571 g/mol. The molecule has 0 radical (unpaired) electrons. The second-order valence-corrected chi connectivity index (χ2v) is 13.5. The lowest BCUT2D eigenvalue weighted by Crippen LogP contribution is -2.58. The van der Waals surface area contributed by atoms with E-state index in [9.17, 15) is 19.8 Å². The minimum Gasteiger partial charge on any atom is -0.391 e. The molecule has 2 aromatic rings. The fourth-order valence-electron chi connectivity index (χ4n) is 5.97. The van der Waals surface area contributed by atoms with Gasteiger partial charge in [-0.05, 0) is 42.2 Å². The summed E-state index contributed by atoms with van der Waals surface area (Å²) in [4.78, 5) is 34.0. The van der Waals surface area contributed by atoms with Crippen LogP contribution in [-0.2, 0) is 16.1 Å². The fourth-order valence-corrected chi connectivity index (χ4v) is 6.78. The van der Waals surface area contributed by atoms with Crippen molar-refractivity contribution >= 4 is 23.2 Å². The molecule has 1 aromatic carbocycles. The Labute approximate surface area is 242 Å². The third-order valence-electron chi connectivity index (χ3n) is 8.34. The van der Waals surface area contributed by atoms with Gasteiger partial charge in [0.15, 0.2) is 0 Å². The number of aliphatic hydroxyl groups excluding tert-OH is 2. The summed E-state index contributed by atoms with van der Waals surface area (Å²) in [6, 6.07) is 6.57. The maximum absolute atomic E-state index is 13.8. The van der Waals surface area contributed by atoms with Gasteiger partial charge in [-0.1, -0.05) is 77.1 Å². The van der Waals surface area contributed by atoms with Gasteiger partial charge in [0.05, 0.1) is 28.2 Å². The first kappa shape index (κ1) is 30.6. The Balaban J connectivity index is 1.36. The van der Waals surface area contributed by atoms with Crippen molar-refractivity contribution in [3.8, 4) is 10.4 Å². The number of likely N-dealkylation sites (tertiary alicyclic amines) is 1. The molecule has 1 aliphatic carbocycles. The fraction of sp³-hybridized carbons (Fsp3) is 0.645. The van der Waals surface area contributed by atoms with E-state index in [1.165, 1.54) is 37.0 Å². The van der Waals surface area contributed by atoms with Crippen LogP contribution in [0.1, 0.15) is 83.4 Å². The lowest BCUT2D eigenvalue weighted by atomic mass is 9.84. The molecule has 4 rings (SSSR count). The number of β-amino-alcohol motifs (C(OH)–C–C–N with tert-alkyl or cyclic N) is 1. The number of rotatable bonds is 10. The highest BCUT2D eigenvalue weighted by atomic mass is 32.1. The molecule has 9 heteroatoms. The van der Waals surface area contributed by atoms with Crippen molar-refractivity contribution in [2.24, 2.45) is 11.3 Å². The number of carbonyl (C=O) groups is 2. The summed E-state index contributed by atoms with van der Waals surface area (Å²) in [5.74, 6) is 0.104. The molecule has 8 nitrogen and oxygen atoms in total. The molecule has 220 valence electrons. The largest absolute Gasteiger partial charge is 0.391 e. The molecular formula is C31H46N4O4S. The first-order valence-electron chi connectivity index (χ1n) is 14.7. The van der Waals surface area contributed by atoms with Gasteiger partial charge in [-0.25, -0.2) is 4.98 Å². The van der Waals surface area contributed by atoms with E-state index in [4.69, 9.17) is 0 Å². The molecule has 1 aliphatic heterocycles. The molecule has 2 aliphatic rings. The van der Waals surface area contributed by atoms with Crippen LogP contribution in [0.15, 0.2) is 29.8 Å². The van der Waals surface area contributed by atoms with Gasteiger partial charge in [-0.15, -0.1) is 11.3 Å². The van der Waals surface area contributed by atoms with E-state index in [1.54, 1.807) is 11.3 Å². The van der Waals surface area contributed by atoms with Crippen LogP contribution in [-0.4, -0.2) is 62.9 Å². The van der Waals surface area contributed by atoms with Crippen molar-refractivity contribution in [1.82, 2.24) is 20.5 Å². The third-order valence-corrected chi connectivity index (χ3v) is 9.32. The first-order chi connectivity index (χ1) is 19.0. The second-order valence-electron chi connectivity index (χ2n) is 12.6. The maximum Gasteiger partial charge on any atom is 0.243 e. The summed E-state index contributed by atoms with van der Waals surface area (Å²) in [5, 5.41) is 27.4. The van der Waals surface area contributed by atoms with Crippen LogP contribution in [0.25, 0.3) is 10.4 Å². The molecule has 1 aromatic heterocycles. The number of benzene rings is 1. The Kier molecular flexibility index (Phi) is 10.4. The maximum atomic E-state index is 13.8. The van der Waals surface area contributed by atoms with Crippen molar-refractivity contribution in [1.29, 1.82) is 0 Å². The number of nitrogens with zero attached hydrogens (tertiary/aromatic N) is 2. The number of amides is 2. The third kappa shape index (κ3) is 7.90. The minimum atomic E-state index is -0.799. The molecule has 1 saturated carbocycles. The van der Waals surface area contributed by atoms with Crippen molar-refractivity contribution in [3.05, 3.63) is 41.0 Å². The zero-order valence-corrected chi connectivity index (χ0v) is 25.2. The van der Waals surface area contributed by atoms with E-state index >= 15 is 0 Å². The Morgan fingerprint density at radius 1 is 1.15 bits per heavy atom. The summed E-state index contributed by atoms with van der Waals surface area (Å²) in [5.41, 5.74) is 4.38. The lowest BCUT2D eigenvalue weighted by Gasteiger charge is -2.37. The van der Waals surface area contributed by atoms with Crippen molar-refractivity contribution in [2.45, 2.75) is 110 Å².